The number of benzene rings is 4. The van der Waals surface area contributed by atoms with Crippen LogP contribution in [0.4, 0.5) is 0 Å². The Morgan fingerprint density at radius 3 is 1.35 bits per heavy atom. The van der Waals surface area contributed by atoms with E-state index >= 15 is 0 Å². The van der Waals surface area contributed by atoms with Crippen LogP contribution in [0, 0.1) is 0 Å². The van der Waals surface area contributed by atoms with Crippen molar-refractivity contribution in [3.05, 3.63) is 130 Å². The Labute approximate surface area is 241 Å². The van der Waals surface area contributed by atoms with Gasteiger partial charge in [0, 0.05) is 0 Å². The van der Waals surface area contributed by atoms with Gasteiger partial charge in [0.1, 0.15) is 0 Å². The van der Waals surface area contributed by atoms with Gasteiger partial charge in [-0.1, -0.05) is 146 Å². The molecule has 0 spiro atoms. The molecule has 2 nitrogen and oxygen atoms in total. The summed E-state index contributed by atoms with van der Waals surface area (Å²) in [5.41, 5.74) is 13.9. The maximum Gasteiger partial charge on any atom is 0.0751 e. The first-order chi connectivity index (χ1) is 19.3. The predicted molar refractivity (Wildman–Crippen MR) is 177 cm³/mol. The molecule has 0 fully saturated rings. The second kappa shape index (κ2) is 10.4. The highest BCUT2D eigenvalue weighted by atomic mass is 15.0. The molecule has 6 rings (SSSR count). The average molecular weight is 521 g/mol. The van der Waals surface area contributed by atoms with E-state index in [0.29, 0.717) is 11.6 Å². The van der Waals surface area contributed by atoms with Crippen molar-refractivity contribution in [2.75, 3.05) is 28.2 Å². The van der Waals surface area contributed by atoms with Crippen molar-refractivity contribution < 1.29 is 0 Å². The summed E-state index contributed by atoms with van der Waals surface area (Å²) in [6, 6.07) is 35.6. The fourth-order valence-electron chi connectivity index (χ4n) is 8.18. The number of hydrogen-bond acceptors (Lipinski definition) is 2. The third kappa shape index (κ3) is 4.22. The Bertz CT molecular complexity index is 1490. The molecule has 4 aromatic carbocycles. The summed E-state index contributed by atoms with van der Waals surface area (Å²) in [5.74, 6) is 0.631. The molecule has 4 heteroatoms. The summed E-state index contributed by atoms with van der Waals surface area (Å²) in [7, 11) is 10.1. The van der Waals surface area contributed by atoms with Gasteiger partial charge >= 0.3 is 0 Å². The zero-order valence-corrected chi connectivity index (χ0v) is 24.7. The number of rotatable bonds is 7. The molecule has 0 heterocycles. The maximum absolute atomic E-state index is 2.60. The second-order valence-electron chi connectivity index (χ2n) is 12.5. The van der Waals surface area contributed by atoms with Gasteiger partial charge in [-0.15, -0.1) is 11.6 Å². The third-order valence-corrected chi connectivity index (χ3v) is 9.62. The molecule has 0 aliphatic heterocycles. The molecule has 2 aliphatic rings. The standard InChI is InChI=1S/C36H39B2N2/c1-25-23-33-29(27-15-9-7-10-16-27)19-13-21-31(33)35(25)38(40(5)6,37-39(3)4)36-26(2)24-34-30(20-14-22-32(34)36)28-17-11-8-12-18-28/h7-24,35-37H,1-6H3/q-1. The van der Waals surface area contributed by atoms with Crippen LogP contribution < -0.4 is 0 Å². The molecule has 2 unspecified atom stereocenters. The molecule has 200 valence electrons. The van der Waals surface area contributed by atoms with Gasteiger partial charge in [0.15, 0.2) is 0 Å². The fraction of sp³-hybridized carbons (Fsp3) is 0.222. The van der Waals surface area contributed by atoms with Crippen molar-refractivity contribution in [2.24, 2.45) is 0 Å². The summed E-state index contributed by atoms with van der Waals surface area (Å²) in [6.45, 7) is 4.73. The smallest absolute Gasteiger partial charge is 0.0751 e. The van der Waals surface area contributed by atoms with Gasteiger partial charge in [-0.05, 0) is 61.3 Å². The Hall–Kier alpha value is -3.59. The highest BCUT2D eigenvalue weighted by molar-refractivity contribution is 7.24. The maximum atomic E-state index is 2.60. The van der Waals surface area contributed by atoms with Crippen LogP contribution in [0.2, 0.25) is 0 Å². The van der Waals surface area contributed by atoms with Crippen molar-refractivity contribution in [2.45, 2.75) is 25.5 Å². The Morgan fingerprint density at radius 2 is 0.975 bits per heavy atom. The van der Waals surface area contributed by atoms with Crippen LogP contribution in [0.25, 0.3) is 34.4 Å². The Balaban J connectivity index is 1.57. The Morgan fingerprint density at radius 1 is 0.550 bits per heavy atom. The summed E-state index contributed by atoms with van der Waals surface area (Å²) in [6.07, 6.45) is 3.81. The largest absolute Gasteiger partial charge is 0.483 e. The highest BCUT2D eigenvalue weighted by Crippen LogP contribution is 2.54. The molecule has 0 radical (unpaired) electrons. The molecular weight excluding hydrogens is 482 g/mol. The summed E-state index contributed by atoms with van der Waals surface area (Å²) < 4.78 is 0. The monoisotopic (exact) mass is 521 g/mol. The van der Waals surface area contributed by atoms with E-state index in [2.05, 4.69) is 161 Å². The quantitative estimate of drug-likeness (QED) is 0.230. The first kappa shape index (κ1) is 26.6. The van der Waals surface area contributed by atoms with Gasteiger partial charge in [0.05, 0.1) is 13.5 Å². The van der Waals surface area contributed by atoms with Crippen LogP contribution >= 0.6 is 0 Å². The lowest BCUT2D eigenvalue weighted by Gasteiger charge is -2.58. The van der Waals surface area contributed by atoms with Crippen molar-refractivity contribution in [1.82, 2.24) is 9.62 Å². The average Bonchev–Trinajstić information content (AvgIpc) is 3.48. The van der Waals surface area contributed by atoms with Gasteiger partial charge in [-0.25, -0.2) is 0 Å². The van der Waals surface area contributed by atoms with Crippen molar-refractivity contribution in [3.8, 4) is 22.3 Å². The van der Waals surface area contributed by atoms with Gasteiger partial charge < -0.3 is 9.62 Å². The molecule has 0 aromatic heterocycles. The third-order valence-electron chi connectivity index (χ3n) is 9.62. The van der Waals surface area contributed by atoms with Crippen molar-refractivity contribution >= 4 is 25.6 Å². The van der Waals surface area contributed by atoms with Gasteiger partial charge in [0.25, 0.3) is 0 Å². The van der Waals surface area contributed by atoms with Crippen LogP contribution in [-0.4, -0.2) is 51.3 Å². The van der Waals surface area contributed by atoms with Crippen LogP contribution in [0.15, 0.2) is 108 Å². The molecule has 2 atom stereocenters. The van der Waals surface area contributed by atoms with Crippen molar-refractivity contribution in [1.29, 1.82) is 0 Å². The number of fused-ring (bicyclic) bond motifs is 2. The zero-order valence-electron chi connectivity index (χ0n) is 24.7. The predicted octanol–water partition coefficient (Wildman–Crippen LogP) is 7.72. The van der Waals surface area contributed by atoms with Crippen molar-refractivity contribution in [3.63, 3.8) is 0 Å². The molecule has 0 amide bonds. The van der Waals surface area contributed by atoms with Gasteiger partial charge in [-0.3, -0.25) is 0 Å². The van der Waals surface area contributed by atoms with E-state index < -0.39 is 6.17 Å². The highest BCUT2D eigenvalue weighted by Gasteiger charge is 2.48. The lowest BCUT2D eigenvalue weighted by Crippen LogP contribution is -2.67. The molecule has 4 aromatic rings. The minimum absolute atomic E-state index is 0.316. The van der Waals surface area contributed by atoms with Gasteiger partial charge in [-0.2, -0.15) is 0 Å². The van der Waals surface area contributed by atoms with Crippen LogP contribution in [0.1, 0.15) is 47.7 Å². The molecule has 0 N–H and O–H groups in total. The number of nitrogens with zero attached hydrogens (tertiary/aromatic N) is 2. The van der Waals surface area contributed by atoms with Crippen LogP contribution in [0.5, 0.6) is 0 Å². The molecule has 0 saturated heterocycles. The van der Waals surface area contributed by atoms with E-state index in [1.165, 1.54) is 55.7 Å². The minimum atomic E-state index is -1.15. The molecule has 2 aliphatic carbocycles. The first-order valence-electron chi connectivity index (χ1n) is 14.6. The molecule has 40 heavy (non-hydrogen) atoms. The SMILES string of the molecule is CC1=Cc2c(-c3ccccc3)cccc2C1[B-](BN(C)C)(C1C(C)=Cc2c(-c3ccccc3)cccc21)N(C)C. The van der Waals surface area contributed by atoms with E-state index in [-0.39, 0.29) is 0 Å². The number of allylic oxidation sites excluding steroid dienone is 2. The lowest BCUT2D eigenvalue weighted by atomic mass is 9.03. The van der Waals surface area contributed by atoms with Gasteiger partial charge in [0.2, 0.25) is 0 Å². The lowest BCUT2D eigenvalue weighted by molar-refractivity contribution is 0.584. The second-order valence-corrected chi connectivity index (χ2v) is 12.5. The summed E-state index contributed by atoms with van der Waals surface area (Å²) >= 11 is 0. The van der Waals surface area contributed by atoms with E-state index in [1.807, 2.05) is 0 Å². The zero-order chi connectivity index (χ0) is 28.0. The van der Waals surface area contributed by atoms with E-state index in [4.69, 9.17) is 0 Å². The summed E-state index contributed by atoms with van der Waals surface area (Å²) in [5, 5.41) is 0. The van der Waals surface area contributed by atoms with E-state index in [1.54, 1.807) is 0 Å². The van der Waals surface area contributed by atoms with Crippen LogP contribution in [-0.2, 0) is 0 Å². The molecule has 0 saturated carbocycles. The summed E-state index contributed by atoms with van der Waals surface area (Å²) in [4.78, 5) is 5.01. The Kier molecular flexibility index (Phi) is 6.94. The van der Waals surface area contributed by atoms with E-state index in [9.17, 15) is 0 Å². The first-order valence-corrected chi connectivity index (χ1v) is 14.6. The molecule has 0 bridgehead atoms. The normalized spacial score (nSPS) is 19.2. The fourth-order valence-corrected chi connectivity index (χ4v) is 8.18. The molecular formula is C36H39B2N2-. The van der Waals surface area contributed by atoms with E-state index in [0.717, 1.165) is 7.31 Å². The topological polar surface area (TPSA) is 6.48 Å². The van der Waals surface area contributed by atoms with Crippen LogP contribution in [0.3, 0.4) is 0 Å². The number of hydrogen-bond donors (Lipinski definition) is 0. The minimum Gasteiger partial charge on any atom is -0.483 e.